The molecule has 2 aromatic carbocycles. The molecule has 0 aliphatic heterocycles. The van der Waals surface area contributed by atoms with Gasteiger partial charge in [0.2, 0.25) is 0 Å². The second-order valence-corrected chi connectivity index (χ2v) is 8.48. The number of aliphatic hydroxyl groups is 1. The molecule has 1 aliphatic carbocycles. The first-order valence-electron chi connectivity index (χ1n) is 10.5. The van der Waals surface area contributed by atoms with E-state index in [4.69, 9.17) is 23.1 Å². The second kappa shape index (κ2) is 9.18. The molecule has 7 nitrogen and oxygen atoms in total. The number of nitrogens with one attached hydrogen (secondary N) is 1. The van der Waals surface area contributed by atoms with Crippen LogP contribution in [0.4, 0.5) is 15.9 Å². The monoisotopic (exact) mass is 457 g/mol. The molecule has 0 radical (unpaired) electrons. The summed E-state index contributed by atoms with van der Waals surface area (Å²) in [6.45, 7) is 0. The van der Waals surface area contributed by atoms with Gasteiger partial charge in [0.1, 0.15) is 29.1 Å². The van der Waals surface area contributed by atoms with E-state index in [-0.39, 0.29) is 23.7 Å². The van der Waals surface area contributed by atoms with E-state index in [1.807, 2.05) is 12.1 Å². The van der Waals surface area contributed by atoms with Crippen LogP contribution in [0, 0.1) is 5.82 Å². The van der Waals surface area contributed by atoms with Gasteiger partial charge in [0.05, 0.1) is 11.7 Å². The van der Waals surface area contributed by atoms with Crippen molar-refractivity contribution in [1.29, 1.82) is 0 Å². The third-order valence-corrected chi connectivity index (χ3v) is 6.01. The smallest absolute Gasteiger partial charge is 0.254 e. The van der Waals surface area contributed by atoms with E-state index in [1.165, 1.54) is 18.2 Å². The van der Waals surface area contributed by atoms with Crippen molar-refractivity contribution in [3.8, 4) is 11.3 Å². The van der Waals surface area contributed by atoms with E-state index in [9.17, 15) is 14.3 Å². The maximum absolute atomic E-state index is 13.9. The third kappa shape index (κ3) is 4.56. The van der Waals surface area contributed by atoms with Crippen LogP contribution in [0.25, 0.3) is 11.3 Å². The molecule has 1 fully saturated rings. The minimum Gasteiger partial charge on any atom is -0.383 e. The number of aliphatic hydroxyl groups excluding tert-OH is 1. The van der Waals surface area contributed by atoms with Gasteiger partial charge in [0, 0.05) is 17.0 Å². The van der Waals surface area contributed by atoms with Gasteiger partial charge in [0.15, 0.2) is 0 Å². The van der Waals surface area contributed by atoms with Crippen molar-refractivity contribution in [2.75, 3.05) is 11.1 Å². The molecule has 1 saturated carbocycles. The Morgan fingerprint density at radius 2 is 1.94 bits per heavy atom. The highest BCUT2D eigenvalue weighted by Crippen LogP contribution is 2.35. The maximum atomic E-state index is 13.9. The van der Waals surface area contributed by atoms with Crippen molar-refractivity contribution in [3.05, 3.63) is 64.4 Å². The van der Waals surface area contributed by atoms with Crippen molar-refractivity contribution >= 4 is 29.0 Å². The molecule has 1 amide bonds. The molecule has 0 bridgehead atoms. The number of hydrogen-bond acceptors (Lipinski definition) is 5. The van der Waals surface area contributed by atoms with Gasteiger partial charge < -0.3 is 21.9 Å². The summed E-state index contributed by atoms with van der Waals surface area (Å²) < 4.78 is 15.6. The molecule has 6 N–H and O–H groups in total. The molecule has 4 rings (SSSR count). The lowest BCUT2D eigenvalue weighted by atomic mass is 10.0. The Hall–Kier alpha value is -3.10. The number of rotatable bonds is 7. The van der Waals surface area contributed by atoms with Gasteiger partial charge in [-0.15, -0.1) is 0 Å². The fourth-order valence-corrected chi connectivity index (χ4v) is 4.35. The standard InChI is InChI=1S/C23H25ClFN5O2/c24-15-9-10-17(25)18(12-15)28-19(31)11-13-5-7-14(8-6-13)21-20(23(27)32)22(26)30(29-21)16-3-1-2-4-16/h5-10,12,16,19,28,31H,1-4,11,26H2,(H2,27,32). The summed E-state index contributed by atoms with van der Waals surface area (Å²) in [6, 6.07) is 11.5. The van der Waals surface area contributed by atoms with Crippen molar-refractivity contribution in [1.82, 2.24) is 9.78 Å². The lowest BCUT2D eigenvalue weighted by molar-refractivity contribution is 0.100. The minimum absolute atomic E-state index is 0.126. The number of nitrogens with two attached hydrogens (primary N) is 2. The Balaban J connectivity index is 1.53. The average Bonchev–Trinajstić information content (AvgIpc) is 3.39. The molecular weight excluding hydrogens is 433 g/mol. The normalized spacial score (nSPS) is 15.1. The number of carbonyl (C=O) groups excluding carboxylic acids is 1. The van der Waals surface area contributed by atoms with Crippen molar-refractivity contribution in [2.24, 2.45) is 5.73 Å². The number of amides is 1. The predicted molar refractivity (Wildman–Crippen MR) is 123 cm³/mol. The molecule has 1 aliphatic rings. The number of nitrogens with zero attached hydrogens (tertiary/aromatic N) is 2. The molecule has 0 saturated heterocycles. The van der Waals surface area contributed by atoms with Gasteiger partial charge in [0.25, 0.3) is 5.91 Å². The molecule has 0 spiro atoms. The number of nitrogen functional groups attached to an aromatic ring is 1. The summed E-state index contributed by atoms with van der Waals surface area (Å²) in [6.07, 6.45) is 3.37. The summed E-state index contributed by atoms with van der Waals surface area (Å²) in [4.78, 5) is 12.1. The number of anilines is 2. The van der Waals surface area contributed by atoms with Crippen LogP contribution in [0.3, 0.4) is 0 Å². The third-order valence-electron chi connectivity index (χ3n) is 5.77. The van der Waals surface area contributed by atoms with E-state index >= 15 is 0 Å². The van der Waals surface area contributed by atoms with Crippen LogP contribution in [0.5, 0.6) is 0 Å². The first-order valence-corrected chi connectivity index (χ1v) is 10.9. The summed E-state index contributed by atoms with van der Waals surface area (Å²) in [5, 5.41) is 18.0. The van der Waals surface area contributed by atoms with Gasteiger partial charge in [-0.1, -0.05) is 48.7 Å². The van der Waals surface area contributed by atoms with E-state index in [0.717, 1.165) is 31.2 Å². The Bertz CT molecular complexity index is 1130. The highest BCUT2D eigenvalue weighted by Gasteiger charge is 2.27. The highest BCUT2D eigenvalue weighted by molar-refractivity contribution is 6.30. The molecule has 168 valence electrons. The van der Waals surface area contributed by atoms with Gasteiger partial charge in [-0.3, -0.25) is 4.79 Å². The van der Waals surface area contributed by atoms with Crippen LogP contribution in [0.2, 0.25) is 5.02 Å². The number of benzene rings is 2. The van der Waals surface area contributed by atoms with Gasteiger partial charge in [-0.25, -0.2) is 9.07 Å². The second-order valence-electron chi connectivity index (χ2n) is 8.04. The lowest BCUT2D eigenvalue weighted by Gasteiger charge is -2.15. The Morgan fingerprint density at radius 3 is 2.59 bits per heavy atom. The van der Waals surface area contributed by atoms with E-state index in [2.05, 4.69) is 10.4 Å². The van der Waals surface area contributed by atoms with Crippen LogP contribution in [-0.4, -0.2) is 27.0 Å². The van der Waals surface area contributed by atoms with Crippen molar-refractivity contribution in [2.45, 2.75) is 44.4 Å². The Kier molecular flexibility index (Phi) is 6.34. The van der Waals surface area contributed by atoms with Gasteiger partial charge in [-0.2, -0.15) is 5.10 Å². The number of aromatic nitrogens is 2. The Morgan fingerprint density at radius 1 is 1.25 bits per heavy atom. The van der Waals surface area contributed by atoms with Gasteiger partial charge in [-0.05, 0) is 36.6 Å². The molecule has 32 heavy (non-hydrogen) atoms. The van der Waals surface area contributed by atoms with E-state index in [1.54, 1.807) is 16.8 Å². The summed E-state index contributed by atoms with van der Waals surface area (Å²) in [5.41, 5.74) is 14.1. The van der Waals surface area contributed by atoms with E-state index < -0.39 is 18.0 Å². The Labute approximate surface area is 190 Å². The molecule has 3 aromatic rings. The average molecular weight is 458 g/mol. The predicted octanol–water partition coefficient (Wildman–Crippen LogP) is 4.11. The molecular formula is C23H25ClFN5O2. The first kappa shape index (κ1) is 22.1. The molecule has 1 heterocycles. The maximum Gasteiger partial charge on any atom is 0.254 e. The fourth-order valence-electron chi connectivity index (χ4n) is 4.18. The zero-order valence-electron chi connectivity index (χ0n) is 17.4. The summed E-state index contributed by atoms with van der Waals surface area (Å²) >= 11 is 5.89. The SMILES string of the molecule is NC(=O)c1c(-c2ccc(CC(O)Nc3cc(Cl)ccc3F)cc2)nn(C2CCCC2)c1N. The molecule has 1 unspecified atom stereocenters. The van der Waals surface area contributed by atoms with Crippen molar-refractivity contribution in [3.63, 3.8) is 0 Å². The van der Waals surface area contributed by atoms with E-state index in [0.29, 0.717) is 22.1 Å². The number of carbonyl (C=O) groups is 1. The number of primary amides is 1. The van der Waals surface area contributed by atoms with Gasteiger partial charge >= 0.3 is 0 Å². The topological polar surface area (TPSA) is 119 Å². The quantitative estimate of drug-likeness (QED) is 0.398. The van der Waals surface area contributed by atoms with Crippen LogP contribution in [0.1, 0.15) is 47.6 Å². The zero-order valence-corrected chi connectivity index (χ0v) is 18.1. The van der Waals surface area contributed by atoms with Crippen LogP contribution < -0.4 is 16.8 Å². The molecule has 1 atom stereocenters. The summed E-state index contributed by atoms with van der Waals surface area (Å²) in [7, 11) is 0. The lowest BCUT2D eigenvalue weighted by Crippen LogP contribution is -2.22. The first-order chi connectivity index (χ1) is 15.3. The minimum atomic E-state index is -1.02. The summed E-state index contributed by atoms with van der Waals surface area (Å²) in [5.74, 6) is -0.821. The molecule has 1 aromatic heterocycles. The molecule has 9 heteroatoms. The number of hydrogen-bond donors (Lipinski definition) is 4. The fraction of sp³-hybridized carbons (Fsp3) is 0.304. The van der Waals surface area contributed by atoms with Crippen LogP contribution in [0.15, 0.2) is 42.5 Å². The van der Waals surface area contributed by atoms with Crippen LogP contribution in [-0.2, 0) is 6.42 Å². The largest absolute Gasteiger partial charge is 0.383 e. The van der Waals surface area contributed by atoms with Crippen molar-refractivity contribution < 1.29 is 14.3 Å². The zero-order chi connectivity index (χ0) is 22.8. The number of halogens is 2. The highest BCUT2D eigenvalue weighted by atomic mass is 35.5. The van der Waals surface area contributed by atoms with Crippen LogP contribution >= 0.6 is 11.6 Å².